The third-order valence-electron chi connectivity index (χ3n) is 1.80. The van der Waals surface area contributed by atoms with Gasteiger partial charge in [-0.25, -0.2) is 9.97 Å². The molecule has 1 atom stereocenters. The highest BCUT2D eigenvalue weighted by Gasteiger charge is 2.16. The summed E-state index contributed by atoms with van der Waals surface area (Å²) in [6.07, 6.45) is 3.88. The maximum absolute atomic E-state index is 9.73. The van der Waals surface area contributed by atoms with Crippen LogP contribution in [0.25, 0.3) is 0 Å². The fourth-order valence-corrected chi connectivity index (χ4v) is 1.11. The van der Waals surface area contributed by atoms with E-state index in [2.05, 4.69) is 20.2 Å². The van der Waals surface area contributed by atoms with Crippen LogP contribution >= 0.6 is 0 Å². The first kappa shape index (κ1) is 7.93. The van der Waals surface area contributed by atoms with Crippen LogP contribution in [0.15, 0.2) is 18.7 Å². The van der Waals surface area contributed by atoms with Crippen molar-refractivity contribution in [2.45, 2.75) is 6.10 Å². The number of H-pyrrole nitrogens is 1. The Morgan fingerprint density at radius 3 is 2.92 bits per heavy atom. The van der Waals surface area contributed by atoms with Crippen LogP contribution in [0.2, 0.25) is 0 Å². The summed E-state index contributed by atoms with van der Waals surface area (Å²) >= 11 is 0. The van der Waals surface area contributed by atoms with Gasteiger partial charge in [-0.1, -0.05) is 0 Å². The van der Waals surface area contributed by atoms with Gasteiger partial charge >= 0.3 is 0 Å². The van der Waals surface area contributed by atoms with Crippen LogP contribution < -0.4 is 0 Å². The summed E-state index contributed by atoms with van der Waals surface area (Å²) in [6, 6.07) is 0. The SMILES string of the molecule is Cn1ccnc1C(O)c1ncn[nH]1. The van der Waals surface area contributed by atoms with Gasteiger partial charge in [0.15, 0.2) is 11.9 Å². The number of aromatic amines is 1. The van der Waals surface area contributed by atoms with E-state index in [9.17, 15) is 5.11 Å². The van der Waals surface area contributed by atoms with Crippen LogP contribution in [0.1, 0.15) is 17.8 Å². The highest BCUT2D eigenvalue weighted by molar-refractivity contribution is 5.05. The Labute approximate surface area is 74.3 Å². The lowest BCUT2D eigenvalue weighted by molar-refractivity contribution is 0.196. The highest BCUT2D eigenvalue weighted by Crippen LogP contribution is 2.14. The minimum Gasteiger partial charge on any atom is -0.377 e. The van der Waals surface area contributed by atoms with E-state index in [4.69, 9.17) is 0 Å². The van der Waals surface area contributed by atoms with Gasteiger partial charge in [0.2, 0.25) is 0 Å². The van der Waals surface area contributed by atoms with Crippen molar-refractivity contribution in [2.24, 2.45) is 7.05 Å². The number of imidazole rings is 1. The van der Waals surface area contributed by atoms with Gasteiger partial charge in [-0.3, -0.25) is 5.10 Å². The van der Waals surface area contributed by atoms with Gasteiger partial charge in [0.1, 0.15) is 12.2 Å². The van der Waals surface area contributed by atoms with E-state index in [-0.39, 0.29) is 0 Å². The number of nitrogens with zero attached hydrogens (tertiary/aromatic N) is 4. The summed E-state index contributed by atoms with van der Waals surface area (Å²) < 4.78 is 1.73. The molecule has 2 aromatic heterocycles. The van der Waals surface area contributed by atoms with Crippen molar-refractivity contribution >= 4 is 0 Å². The van der Waals surface area contributed by atoms with Gasteiger partial charge in [0, 0.05) is 19.4 Å². The minimum atomic E-state index is -0.845. The molecule has 0 spiro atoms. The van der Waals surface area contributed by atoms with Crippen LogP contribution in [-0.2, 0) is 7.05 Å². The third kappa shape index (κ3) is 1.31. The topological polar surface area (TPSA) is 79.6 Å². The zero-order valence-corrected chi connectivity index (χ0v) is 7.05. The maximum atomic E-state index is 9.73. The second-order valence-corrected chi connectivity index (χ2v) is 2.67. The number of hydrogen-bond donors (Lipinski definition) is 2. The summed E-state index contributed by atoms with van der Waals surface area (Å²) in [7, 11) is 1.81. The molecule has 0 saturated heterocycles. The van der Waals surface area contributed by atoms with Crippen molar-refractivity contribution < 1.29 is 5.11 Å². The zero-order valence-electron chi connectivity index (χ0n) is 7.05. The Balaban J connectivity index is 2.33. The third-order valence-corrected chi connectivity index (χ3v) is 1.80. The van der Waals surface area contributed by atoms with Crippen LogP contribution in [0.3, 0.4) is 0 Å². The van der Waals surface area contributed by atoms with Gasteiger partial charge in [-0.15, -0.1) is 0 Å². The Morgan fingerprint density at radius 2 is 2.38 bits per heavy atom. The predicted octanol–water partition coefficient (Wildman–Crippen LogP) is -0.380. The number of rotatable bonds is 2. The maximum Gasteiger partial charge on any atom is 0.171 e. The van der Waals surface area contributed by atoms with Gasteiger partial charge < -0.3 is 9.67 Å². The lowest BCUT2D eigenvalue weighted by Gasteiger charge is -2.06. The van der Waals surface area contributed by atoms with Crippen molar-refractivity contribution in [1.82, 2.24) is 24.7 Å². The molecule has 0 aromatic carbocycles. The van der Waals surface area contributed by atoms with E-state index in [1.54, 1.807) is 17.0 Å². The molecule has 6 nitrogen and oxygen atoms in total. The first-order valence-electron chi connectivity index (χ1n) is 3.79. The molecule has 2 N–H and O–H groups in total. The molecule has 0 aliphatic heterocycles. The molecule has 13 heavy (non-hydrogen) atoms. The van der Waals surface area contributed by atoms with Crippen molar-refractivity contribution in [1.29, 1.82) is 0 Å². The van der Waals surface area contributed by atoms with Crippen LogP contribution in [0, 0.1) is 0 Å². The second-order valence-electron chi connectivity index (χ2n) is 2.67. The van der Waals surface area contributed by atoms with Gasteiger partial charge in [-0.05, 0) is 0 Å². The molecule has 1 unspecified atom stereocenters. The molecule has 68 valence electrons. The van der Waals surface area contributed by atoms with Crippen molar-refractivity contribution in [3.63, 3.8) is 0 Å². The lowest BCUT2D eigenvalue weighted by Crippen LogP contribution is -2.08. The lowest BCUT2D eigenvalue weighted by atomic mass is 10.3. The Kier molecular flexibility index (Phi) is 1.82. The number of hydrogen-bond acceptors (Lipinski definition) is 4. The Hall–Kier alpha value is -1.69. The monoisotopic (exact) mass is 179 g/mol. The average Bonchev–Trinajstić information content (AvgIpc) is 2.72. The Bertz CT molecular complexity index is 379. The first-order valence-corrected chi connectivity index (χ1v) is 3.79. The summed E-state index contributed by atoms with van der Waals surface area (Å²) in [5, 5.41) is 16.0. The summed E-state index contributed by atoms with van der Waals surface area (Å²) in [6.45, 7) is 0. The Morgan fingerprint density at radius 1 is 1.54 bits per heavy atom. The summed E-state index contributed by atoms with van der Waals surface area (Å²) in [5.41, 5.74) is 0. The number of aliphatic hydroxyl groups excluding tert-OH is 1. The van der Waals surface area contributed by atoms with Crippen molar-refractivity contribution in [3.05, 3.63) is 30.4 Å². The van der Waals surface area contributed by atoms with Crippen molar-refractivity contribution in [2.75, 3.05) is 0 Å². The largest absolute Gasteiger partial charge is 0.377 e. The van der Waals surface area contributed by atoms with E-state index in [1.165, 1.54) is 6.33 Å². The molecule has 2 rings (SSSR count). The molecular formula is C7H9N5O. The number of aromatic nitrogens is 5. The minimum absolute atomic E-state index is 0.398. The van der Waals surface area contributed by atoms with Crippen LogP contribution in [-0.4, -0.2) is 29.8 Å². The van der Waals surface area contributed by atoms with Gasteiger partial charge in [-0.2, -0.15) is 5.10 Å². The van der Waals surface area contributed by atoms with E-state index in [1.807, 2.05) is 7.05 Å². The molecular weight excluding hydrogens is 170 g/mol. The number of nitrogens with one attached hydrogen (secondary N) is 1. The zero-order chi connectivity index (χ0) is 9.26. The molecule has 0 saturated carbocycles. The fourth-order valence-electron chi connectivity index (χ4n) is 1.11. The van der Waals surface area contributed by atoms with E-state index >= 15 is 0 Å². The second kappa shape index (κ2) is 2.98. The predicted molar refractivity (Wildman–Crippen MR) is 43.7 cm³/mol. The van der Waals surface area contributed by atoms with Crippen molar-refractivity contribution in [3.8, 4) is 0 Å². The normalized spacial score (nSPS) is 13.1. The molecule has 2 heterocycles. The average molecular weight is 179 g/mol. The number of aliphatic hydroxyl groups is 1. The molecule has 0 fully saturated rings. The van der Waals surface area contributed by atoms with Crippen LogP contribution in [0.5, 0.6) is 0 Å². The van der Waals surface area contributed by atoms with Crippen LogP contribution in [0.4, 0.5) is 0 Å². The molecule has 2 aromatic rings. The molecule has 0 aliphatic rings. The highest BCUT2D eigenvalue weighted by atomic mass is 16.3. The fraction of sp³-hybridized carbons (Fsp3) is 0.286. The van der Waals surface area contributed by atoms with E-state index < -0.39 is 6.10 Å². The first-order chi connectivity index (χ1) is 6.29. The quantitative estimate of drug-likeness (QED) is 0.658. The van der Waals surface area contributed by atoms with Gasteiger partial charge in [0.05, 0.1) is 0 Å². The van der Waals surface area contributed by atoms with E-state index in [0.717, 1.165) is 0 Å². The van der Waals surface area contributed by atoms with E-state index in [0.29, 0.717) is 11.6 Å². The molecule has 0 bridgehead atoms. The standard InChI is InChI=1S/C7H9N5O/c1-12-3-2-8-7(12)5(13)6-9-4-10-11-6/h2-5,13H,1H3,(H,9,10,11). The molecule has 0 amide bonds. The smallest absolute Gasteiger partial charge is 0.171 e. The van der Waals surface area contributed by atoms with Gasteiger partial charge in [0.25, 0.3) is 0 Å². The summed E-state index contributed by atoms with van der Waals surface area (Å²) in [5.74, 6) is 0.936. The molecule has 0 radical (unpaired) electrons. The molecule has 6 heteroatoms. The molecule has 0 aliphatic carbocycles. The summed E-state index contributed by atoms with van der Waals surface area (Å²) in [4.78, 5) is 7.84. The number of aryl methyl sites for hydroxylation is 1.